The van der Waals surface area contributed by atoms with E-state index < -0.39 is 0 Å². The fourth-order valence-corrected chi connectivity index (χ4v) is 1.92. The summed E-state index contributed by atoms with van der Waals surface area (Å²) >= 11 is 0. The Hall–Kier alpha value is -1.22. The quantitative estimate of drug-likeness (QED) is 0.729. The molecule has 1 heterocycles. The van der Waals surface area contributed by atoms with Crippen molar-refractivity contribution in [2.24, 2.45) is 0 Å². The van der Waals surface area contributed by atoms with Gasteiger partial charge in [-0.2, -0.15) is 0 Å². The normalized spacial score (nSPS) is 25.5. The van der Waals surface area contributed by atoms with Crippen LogP contribution in [0, 0.1) is 6.92 Å². The Labute approximate surface area is 90.6 Å². The molecule has 82 valence electrons. The summed E-state index contributed by atoms with van der Waals surface area (Å²) in [6.45, 7) is 5.88. The molecule has 0 spiro atoms. The third kappa shape index (κ3) is 2.23. The van der Waals surface area contributed by atoms with E-state index in [9.17, 15) is 0 Å². The first-order chi connectivity index (χ1) is 7.09. The minimum atomic E-state index is 0.0703. The van der Waals surface area contributed by atoms with Crippen LogP contribution in [0.2, 0.25) is 0 Å². The van der Waals surface area contributed by atoms with Crippen LogP contribution in [0.4, 0.5) is 11.4 Å². The van der Waals surface area contributed by atoms with Gasteiger partial charge in [-0.15, -0.1) is 0 Å². The number of rotatable bonds is 2. The Bertz CT molecular complexity index is 357. The van der Waals surface area contributed by atoms with E-state index in [-0.39, 0.29) is 5.54 Å². The van der Waals surface area contributed by atoms with Crippen molar-refractivity contribution in [2.75, 3.05) is 24.3 Å². The van der Waals surface area contributed by atoms with E-state index in [2.05, 4.69) is 19.2 Å². The number of nitrogen functional groups attached to an aromatic ring is 1. The zero-order valence-electron chi connectivity index (χ0n) is 9.34. The maximum Gasteiger partial charge on any atom is 0.0694 e. The van der Waals surface area contributed by atoms with Crippen LogP contribution in [-0.4, -0.2) is 18.8 Å². The average Bonchev–Trinajstić information content (AvgIpc) is 2.58. The molecule has 1 fully saturated rings. The number of anilines is 2. The number of nitrogens with one attached hydrogen (secondary N) is 1. The minimum absolute atomic E-state index is 0.0703. The first-order valence-electron chi connectivity index (χ1n) is 5.31. The first kappa shape index (κ1) is 10.3. The predicted octanol–water partition coefficient (Wildman–Crippen LogP) is 2.17. The lowest BCUT2D eigenvalue weighted by Gasteiger charge is -2.26. The predicted molar refractivity (Wildman–Crippen MR) is 63.1 cm³/mol. The van der Waals surface area contributed by atoms with Crippen LogP contribution in [0.1, 0.15) is 18.9 Å². The number of ether oxygens (including phenoxy) is 1. The minimum Gasteiger partial charge on any atom is -0.399 e. The number of hydrogen-bond donors (Lipinski definition) is 2. The highest BCUT2D eigenvalue weighted by atomic mass is 16.5. The van der Waals surface area contributed by atoms with E-state index in [1.807, 2.05) is 18.2 Å². The summed E-state index contributed by atoms with van der Waals surface area (Å²) in [6, 6.07) is 5.95. The lowest BCUT2D eigenvalue weighted by Crippen LogP contribution is -2.35. The van der Waals surface area contributed by atoms with Crippen LogP contribution in [0.3, 0.4) is 0 Å². The second-order valence-corrected chi connectivity index (χ2v) is 4.56. The molecular formula is C12H18N2O. The fourth-order valence-electron chi connectivity index (χ4n) is 1.92. The SMILES string of the molecule is Cc1cc(N)ccc1NC1(C)CCOC1. The molecule has 0 aliphatic carbocycles. The van der Waals surface area contributed by atoms with Gasteiger partial charge in [0.1, 0.15) is 0 Å². The van der Waals surface area contributed by atoms with Gasteiger partial charge in [-0.25, -0.2) is 0 Å². The van der Waals surface area contributed by atoms with E-state index >= 15 is 0 Å². The number of hydrogen-bond acceptors (Lipinski definition) is 3. The summed E-state index contributed by atoms with van der Waals surface area (Å²) in [5.41, 5.74) is 8.93. The third-order valence-electron chi connectivity index (χ3n) is 2.91. The summed E-state index contributed by atoms with van der Waals surface area (Å²) in [5.74, 6) is 0. The van der Waals surface area contributed by atoms with Crippen molar-refractivity contribution < 1.29 is 4.74 Å². The highest BCUT2D eigenvalue weighted by Gasteiger charge is 2.29. The van der Waals surface area contributed by atoms with E-state index in [4.69, 9.17) is 10.5 Å². The Kier molecular flexibility index (Phi) is 2.57. The van der Waals surface area contributed by atoms with Crippen molar-refractivity contribution in [1.82, 2.24) is 0 Å². The molecule has 3 N–H and O–H groups in total. The molecule has 2 rings (SSSR count). The second kappa shape index (κ2) is 3.74. The van der Waals surface area contributed by atoms with E-state index in [0.717, 1.165) is 31.0 Å². The molecule has 0 aromatic heterocycles. The second-order valence-electron chi connectivity index (χ2n) is 4.56. The Morgan fingerprint density at radius 3 is 2.87 bits per heavy atom. The Morgan fingerprint density at radius 2 is 2.27 bits per heavy atom. The van der Waals surface area contributed by atoms with Gasteiger partial charge in [0.25, 0.3) is 0 Å². The smallest absolute Gasteiger partial charge is 0.0694 e. The Morgan fingerprint density at radius 1 is 1.47 bits per heavy atom. The number of benzene rings is 1. The monoisotopic (exact) mass is 206 g/mol. The highest BCUT2D eigenvalue weighted by molar-refractivity contribution is 5.58. The van der Waals surface area contributed by atoms with E-state index in [1.165, 1.54) is 5.56 Å². The molecule has 1 atom stereocenters. The standard InChI is InChI=1S/C12H18N2O/c1-9-7-10(13)3-4-11(9)14-12(2)5-6-15-8-12/h3-4,7,14H,5-6,8,13H2,1-2H3. The highest BCUT2D eigenvalue weighted by Crippen LogP contribution is 2.26. The maximum absolute atomic E-state index is 5.72. The van der Waals surface area contributed by atoms with Crippen molar-refractivity contribution in [1.29, 1.82) is 0 Å². The van der Waals surface area contributed by atoms with Crippen LogP contribution >= 0.6 is 0 Å². The Balaban J connectivity index is 2.16. The molecule has 1 aliphatic heterocycles. The van der Waals surface area contributed by atoms with Gasteiger partial charge >= 0.3 is 0 Å². The lowest BCUT2D eigenvalue weighted by atomic mass is 10.0. The third-order valence-corrected chi connectivity index (χ3v) is 2.91. The van der Waals surface area contributed by atoms with Gasteiger partial charge in [0.15, 0.2) is 0 Å². The van der Waals surface area contributed by atoms with Gasteiger partial charge in [0.2, 0.25) is 0 Å². The summed E-state index contributed by atoms with van der Waals surface area (Å²) in [7, 11) is 0. The fraction of sp³-hybridized carbons (Fsp3) is 0.500. The molecule has 1 unspecified atom stereocenters. The topological polar surface area (TPSA) is 47.3 Å². The van der Waals surface area contributed by atoms with E-state index in [0.29, 0.717) is 0 Å². The molecule has 3 heteroatoms. The largest absolute Gasteiger partial charge is 0.399 e. The van der Waals surface area contributed by atoms with Gasteiger partial charge in [0.05, 0.1) is 12.1 Å². The molecular weight excluding hydrogens is 188 g/mol. The van der Waals surface area contributed by atoms with Crippen molar-refractivity contribution >= 4 is 11.4 Å². The zero-order valence-corrected chi connectivity index (χ0v) is 9.34. The van der Waals surface area contributed by atoms with Gasteiger partial charge in [-0.05, 0) is 44.0 Å². The molecule has 3 nitrogen and oxygen atoms in total. The molecule has 1 aromatic carbocycles. The van der Waals surface area contributed by atoms with Gasteiger partial charge < -0.3 is 15.8 Å². The molecule has 1 saturated heterocycles. The van der Waals surface area contributed by atoms with Crippen molar-refractivity contribution in [2.45, 2.75) is 25.8 Å². The lowest BCUT2D eigenvalue weighted by molar-refractivity contribution is 0.185. The van der Waals surface area contributed by atoms with Crippen molar-refractivity contribution in [3.8, 4) is 0 Å². The number of aryl methyl sites for hydroxylation is 1. The maximum atomic E-state index is 5.72. The van der Waals surface area contributed by atoms with Crippen LogP contribution in [0.5, 0.6) is 0 Å². The average molecular weight is 206 g/mol. The van der Waals surface area contributed by atoms with Gasteiger partial charge in [0, 0.05) is 18.0 Å². The summed E-state index contributed by atoms with van der Waals surface area (Å²) in [4.78, 5) is 0. The van der Waals surface area contributed by atoms with Crippen LogP contribution in [0.25, 0.3) is 0 Å². The molecule has 15 heavy (non-hydrogen) atoms. The van der Waals surface area contributed by atoms with Gasteiger partial charge in [-0.3, -0.25) is 0 Å². The van der Waals surface area contributed by atoms with E-state index in [1.54, 1.807) is 0 Å². The summed E-state index contributed by atoms with van der Waals surface area (Å²) < 4.78 is 5.41. The molecule has 1 aliphatic rings. The summed E-state index contributed by atoms with van der Waals surface area (Å²) in [5, 5.41) is 3.53. The molecule has 0 radical (unpaired) electrons. The molecule has 0 bridgehead atoms. The van der Waals surface area contributed by atoms with Crippen LogP contribution in [0.15, 0.2) is 18.2 Å². The van der Waals surface area contributed by atoms with Crippen molar-refractivity contribution in [3.63, 3.8) is 0 Å². The number of nitrogens with two attached hydrogens (primary N) is 1. The first-order valence-corrected chi connectivity index (χ1v) is 5.31. The van der Waals surface area contributed by atoms with Gasteiger partial charge in [-0.1, -0.05) is 0 Å². The molecule has 1 aromatic rings. The summed E-state index contributed by atoms with van der Waals surface area (Å²) in [6.07, 6.45) is 1.05. The van der Waals surface area contributed by atoms with Crippen LogP contribution in [-0.2, 0) is 4.74 Å². The zero-order chi connectivity index (χ0) is 10.9. The van der Waals surface area contributed by atoms with Crippen molar-refractivity contribution in [3.05, 3.63) is 23.8 Å². The van der Waals surface area contributed by atoms with Crippen LogP contribution < -0.4 is 11.1 Å². The molecule has 0 saturated carbocycles. The molecule has 0 amide bonds.